The SMILES string of the molecule is CC(C)(CCl)CNC(=O)CS(C)(=O)=O. The van der Waals surface area contributed by atoms with Gasteiger partial charge >= 0.3 is 0 Å². The molecular weight excluding hydrogens is 226 g/mol. The van der Waals surface area contributed by atoms with Crippen LogP contribution in [0.1, 0.15) is 13.8 Å². The third-order valence-electron chi connectivity index (χ3n) is 1.52. The fourth-order valence-corrected chi connectivity index (χ4v) is 1.35. The van der Waals surface area contributed by atoms with Crippen molar-refractivity contribution in [1.82, 2.24) is 5.32 Å². The number of nitrogens with one attached hydrogen (secondary N) is 1. The molecule has 84 valence electrons. The van der Waals surface area contributed by atoms with Crippen LogP contribution in [0.3, 0.4) is 0 Å². The minimum absolute atomic E-state index is 0.214. The molecule has 14 heavy (non-hydrogen) atoms. The molecule has 0 radical (unpaired) electrons. The van der Waals surface area contributed by atoms with Gasteiger partial charge < -0.3 is 5.32 Å². The van der Waals surface area contributed by atoms with Crippen molar-refractivity contribution in [2.24, 2.45) is 5.41 Å². The van der Waals surface area contributed by atoms with E-state index >= 15 is 0 Å². The van der Waals surface area contributed by atoms with E-state index in [1.807, 2.05) is 13.8 Å². The second-order valence-electron chi connectivity index (χ2n) is 4.14. The van der Waals surface area contributed by atoms with E-state index in [1.165, 1.54) is 0 Å². The van der Waals surface area contributed by atoms with Crippen LogP contribution >= 0.6 is 11.6 Å². The van der Waals surface area contributed by atoms with Crippen molar-refractivity contribution < 1.29 is 13.2 Å². The first-order valence-corrected chi connectivity index (χ1v) is 6.76. The first-order valence-electron chi connectivity index (χ1n) is 4.17. The van der Waals surface area contributed by atoms with Crippen LogP contribution in [0.15, 0.2) is 0 Å². The zero-order chi connectivity index (χ0) is 11.4. The summed E-state index contributed by atoms with van der Waals surface area (Å²) < 4.78 is 21.5. The predicted octanol–water partition coefficient (Wildman–Crippen LogP) is 0.412. The molecule has 4 nitrogen and oxygen atoms in total. The molecule has 0 bridgehead atoms. The molecule has 1 N–H and O–H groups in total. The van der Waals surface area contributed by atoms with Crippen LogP contribution in [0.25, 0.3) is 0 Å². The van der Waals surface area contributed by atoms with Crippen LogP contribution in [-0.4, -0.2) is 38.8 Å². The van der Waals surface area contributed by atoms with Crippen molar-refractivity contribution in [2.45, 2.75) is 13.8 Å². The number of amides is 1. The molecule has 6 heteroatoms. The second-order valence-corrected chi connectivity index (χ2v) is 6.55. The Labute approximate surface area is 89.9 Å². The van der Waals surface area contributed by atoms with Gasteiger partial charge in [0, 0.05) is 18.7 Å². The molecule has 0 saturated carbocycles. The maximum Gasteiger partial charge on any atom is 0.235 e. The summed E-state index contributed by atoms with van der Waals surface area (Å²) in [6.45, 7) is 4.16. The van der Waals surface area contributed by atoms with Crippen molar-refractivity contribution in [3.63, 3.8) is 0 Å². The maximum absolute atomic E-state index is 11.1. The molecule has 0 saturated heterocycles. The molecule has 0 spiro atoms. The molecule has 0 aliphatic carbocycles. The van der Waals surface area contributed by atoms with Gasteiger partial charge in [-0.1, -0.05) is 13.8 Å². The number of rotatable bonds is 5. The highest BCUT2D eigenvalue weighted by Crippen LogP contribution is 2.14. The van der Waals surface area contributed by atoms with E-state index in [4.69, 9.17) is 11.6 Å². The van der Waals surface area contributed by atoms with Gasteiger partial charge in [-0.05, 0) is 5.41 Å². The van der Waals surface area contributed by atoms with Crippen molar-refractivity contribution in [2.75, 3.05) is 24.4 Å². The first kappa shape index (κ1) is 13.7. The summed E-state index contributed by atoms with van der Waals surface area (Å²) >= 11 is 5.64. The third kappa shape index (κ3) is 7.15. The maximum atomic E-state index is 11.1. The van der Waals surface area contributed by atoms with Gasteiger partial charge in [0.1, 0.15) is 5.75 Å². The van der Waals surface area contributed by atoms with Gasteiger partial charge in [-0.25, -0.2) is 8.42 Å². The van der Waals surface area contributed by atoms with E-state index in [0.29, 0.717) is 12.4 Å². The Morgan fingerprint density at radius 2 is 1.93 bits per heavy atom. The largest absolute Gasteiger partial charge is 0.355 e. The molecule has 0 aliphatic rings. The number of sulfone groups is 1. The molecule has 0 aromatic carbocycles. The molecule has 0 fully saturated rings. The van der Waals surface area contributed by atoms with Gasteiger partial charge in [0.2, 0.25) is 5.91 Å². The van der Waals surface area contributed by atoms with Crippen molar-refractivity contribution in [1.29, 1.82) is 0 Å². The number of hydrogen-bond acceptors (Lipinski definition) is 3. The normalized spacial score (nSPS) is 12.6. The van der Waals surface area contributed by atoms with Gasteiger partial charge in [0.15, 0.2) is 9.84 Å². The molecule has 0 aliphatic heterocycles. The predicted molar refractivity (Wildman–Crippen MR) is 57.2 cm³/mol. The number of hydrogen-bond donors (Lipinski definition) is 1. The topological polar surface area (TPSA) is 63.2 Å². The van der Waals surface area contributed by atoms with Crippen LogP contribution in [0.4, 0.5) is 0 Å². The number of carbonyl (C=O) groups is 1. The highest BCUT2D eigenvalue weighted by Gasteiger charge is 2.18. The molecular formula is C8H16ClNO3S. The van der Waals surface area contributed by atoms with E-state index in [1.54, 1.807) is 0 Å². The summed E-state index contributed by atoms with van der Waals surface area (Å²) in [5, 5.41) is 2.53. The monoisotopic (exact) mass is 241 g/mol. The second kappa shape index (κ2) is 4.98. The lowest BCUT2D eigenvalue weighted by molar-refractivity contribution is -0.119. The molecule has 1 amide bonds. The van der Waals surface area contributed by atoms with Crippen molar-refractivity contribution in [3.8, 4) is 0 Å². The van der Waals surface area contributed by atoms with Crippen molar-refractivity contribution >= 4 is 27.3 Å². The zero-order valence-corrected chi connectivity index (χ0v) is 10.2. The highest BCUT2D eigenvalue weighted by molar-refractivity contribution is 7.91. The lowest BCUT2D eigenvalue weighted by atomic mass is 9.97. The van der Waals surface area contributed by atoms with E-state index < -0.39 is 21.5 Å². The van der Waals surface area contributed by atoms with E-state index in [-0.39, 0.29) is 5.41 Å². The Hall–Kier alpha value is -0.290. The Morgan fingerprint density at radius 3 is 2.29 bits per heavy atom. The quantitative estimate of drug-likeness (QED) is 0.710. The number of alkyl halides is 1. The summed E-state index contributed by atoms with van der Waals surface area (Å²) in [5.41, 5.74) is -0.214. The lowest BCUT2D eigenvalue weighted by Crippen LogP contribution is -2.37. The average Bonchev–Trinajstić information content (AvgIpc) is 1.98. The summed E-state index contributed by atoms with van der Waals surface area (Å²) in [6, 6.07) is 0. The fraction of sp³-hybridized carbons (Fsp3) is 0.875. The van der Waals surface area contributed by atoms with Crippen LogP contribution in [0.5, 0.6) is 0 Å². The Kier molecular flexibility index (Phi) is 4.88. The molecule has 0 aromatic heterocycles. The van der Waals surface area contributed by atoms with Gasteiger partial charge in [-0.2, -0.15) is 0 Å². The minimum Gasteiger partial charge on any atom is -0.355 e. The van der Waals surface area contributed by atoms with Crippen molar-refractivity contribution in [3.05, 3.63) is 0 Å². The fourth-order valence-electron chi connectivity index (χ4n) is 0.674. The Bertz CT molecular complexity index is 298. The lowest BCUT2D eigenvalue weighted by Gasteiger charge is -2.21. The van der Waals surface area contributed by atoms with Gasteiger partial charge in [-0.3, -0.25) is 4.79 Å². The van der Waals surface area contributed by atoms with Crippen LogP contribution < -0.4 is 5.32 Å². The smallest absolute Gasteiger partial charge is 0.235 e. The summed E-state index contributed by atoms with van der Waals surface area (Å²) in [4.78, 5) is 11.1. The number of halogens is 1. The van der Waals surface area contributed by atoms with E-state index in [2.05, 4.69) is 5.32 Å². The van der Waals surface area contributed by atoms with Crippen LogP contribution in [0.2, 0.25) is 0 Å². The Morgan fingerprint density at radius 1 is 1.43 bits per heavy atom. The number of carbonyl (C=O) groups excluding carboxylic acids is 1. The van der Waals surface area contributed by atoms with E-state index in [0.717, 1.165) is 6.26 Å². The minimum atomic E-state index is -3.24. The standard InChI is InChI=1S/C8H16ClNO3S/c1-8(2,5-9)6-10-7(11)4-14(3,12)13/h4-6H2,1-3H3,(H,10,11). The van der Waals surface area contributed by atoms with Crippen LogP contribution in [-0.2, 0) is 14.6 Å². The summed E-state index contributed by atoms with van der Waals surface area (Å²) in [5.74, 6) is -0.539. The summed E-state index contributed by atoms with van der Waals surface area (Å²) in [6.07, 6.45) is 1.03. The molecule has 0 aromatic rings. The van der Waals surface area contributed by atoms with Gasteiger partial charge in [-0.15, -0.1) is 11.6 Å². The third-order valence-corrected chi connectivity index (χ3v) is 3.03. The molecule has 0 atom stereocenters. The van der Waals surface area contributed by atoms with Gasteiger partial charge in [0.25, 0.3) is 0 Å². The highest BCUT2D eigenvalue weighted by atomic mass is 35.5. The molecule has 0 unspecified atom stereocenters. The van der Waals surface area contributed by atoms with E-state index in [9.17, 15) is 13.2 Å². The zero-order valence-electron chi connectivity index (χ0n) is 8.63. The molecule has 0 rings (SSSR count). The first-order chi connectivity index (χ1) is 6.16. The van der Waals surface area contributed by atoms with Gasteiger partial charge in [0.05, 0.1) is 0 Å². The Balaban J connectivity index is 3.99. The summed E-state index contributed by atoms with van der Waals surface area (Å²) in [7, 11) is -3.24. The van der Waals surface area contributed by atoms with Crippen LogP contribution in [0, 0.1) is 5.41 Å². The molecule has 0 heterocycles. The average molecular weight is 242 g/mol.